The van der Waals surface area contributed by atoms with Crippen LogP contribution >= 0.6 is 7.82 Å². The first kappa shape index (κ1) is 48.0. The summed E-state index contributed by atoms with van der Waals surface area (Å²) in [7, 11) is -4.71. The molecule has 0 aromatic heterocycles. The van der Waals surface area contributed by atoms with Crippen LogP contribution in [0.5, 0.6) is 0 Å². The van der Waals surface area contributed by atoms with E-state index in [9.17, 15) is 23.8 Å². The lowest BCUT2D eigenvalue weighted by Gasteiger charge is -2.20. The molecule has 0 aromatic carbocycles. The molecule has 0 fully saturated rings. The Labute approximate surface area is 302 Å². The van der Waals surface area contributed by atoms with Crippen LogP contribution in [0, 0.1) is 0 Å². The van der Waals surface area contributed by atoms with Crippen molar-refractivity contribution in [2.75, 3.05) is 19.8 Å². The Morgan fingerprint density at radius 3 is 1.46 bits per heavy atom. The molecule has 1 unspecified atom stereocenters. The van der Waals surface area contributed by atoms with Crippen LogP contribution < -0.4 is 5.73 Å². The van der Waals surface area contributed by atoms with E-state index in [4.69, 9.17) is 24.8 Å². The topological polar surface area (TPSA) is 172 Å². The number of phosphoric ester groups is 1. The maximum atomic E-state index is 12.5. The predicted octanol–water partition coefficient (Wildman–Crippen LogP) is 9.50. The number of carboxylic acid groups (broad SMARTS) is 1. The number of carbonyl (C=O) groups excluding carboxylic acids is 2. The summed E-state index contributed by atoms with van der Waals surface area (Å²) in [5.74, 6) is -2.40. The lowest BCUT2D eigenvalue weighted by Crippen LogP contribution is -2.34. The minimum Gasteiger partial charge on any atom is -0.480 e. The fourth-order valence-electron chi connectivity index (χ4n) is 5.05. The summed E-state index contributed by atoms with van der Waals surface area (Å²) in [6.07, 6.45) is 32.4. The Kier molecular flexibility index (Phi) is 32.7. The molecule has 0 heterocycles. The molecule has 12 heteroatoms. The zero-order valence-corrected chi connectivity index (χ0v) is 32.1. The fraction of sp³-hybridized carbons (Fsp3) is 0.816. The number of ether oxygens (including phenoxy) is 2. The molecule has 0 aromatic rings. The second-order valence-corrected chi connectivity index (χ2v) is 14.5. The highest BCUT2D eigenvalue weighted by Crippen LogP contribution is 2.43. The molecule has 0 spiro atoms. The standard InChI is InChI=1S/C38H70NO10P/c1-3-5-7-9-11-13-15-17-19-21-23-25-27-29-36(40)46-31-34(32-47-50(44,45)48-33-35(39)38(42)43)49-37(41)30-28-26-24-22-20-18-16-14-12-10-8-6-4-2/h13-16,34-35H,3-12,17-33,39H2,1-2H3,(H,42,43)(H,44,45)/b15-13+,16-14+/t34-,35+/m1/s1. The SMILES string of the molecule is CCCCCC/C=C/CCCCCCCC(=O)OC[C@H](COP(=O)(O)OC[C@H](N)C(=O)O)OC(=O)CCCCCCC/C=C/CCCCCC. The summed E-state index contributed by atoms with van der Waals surface area (Å²) in [4.78, 5) is 45.7. The molecule has 0 aliphatic heterocycles. The van der Waals surface area contributed by atoms with Crippen LogP contribution in [0.1, 0.15) is 168 Å². The average Bonchev–Trinajstić information content (AvgIpc) is 3.09. The summed E-state index contributed by atoms with van der Waals surface area (Å²) in [5.41, 5.74) is 5.31. The lowest BCUT2D eigenvalue weighted by molar-refractivity contribution is -0.161. The quantitative estimate of drug-likeness (QED) is 0.0242. The van der Waals surface area contributed by atoms with E-state index >= 15 is 0 Å². The molecular formula is C38H70NO10P. The second-order valence-electron chi connectivity index (χ2n) is 13.1. The van der Waals surface area contributed by atoms with Gasteiger partial charge in [0.15, 0.2) is 6.10 Å². The van der Waals surface area contributed by atoms with Gasteiger partial charge in [0.2, 0.25) is 0 Å². The number of unbranched alkanes of at least 4 members (excludes halogenated alkanes) is 18. The molecule has 0 rings (SSSR count). The molecule has 0 bridgehead atoms. The van der Waals surface area contributed by atoms with Crippen molar-refractivity contribution in [3.8, 4) is 0 Å². The van der Waals surface area contributed by atoms with Crippen molar-refractivity contribution in [1.29, 1.82) is 0 Å². The van der Waals surface area contributed by atoms with Gasteiger partial charge in [-0.3, -0.25) is 23.4 Å². The van der Waals surface area contributed by atoms with Crippen LogP contribution in [-0.4, -0.2) is 59.9 Å². The Hall–Kier alpha value is -2.04. The molecule has 3 atom stereocenters. The molecule has 0 saturated heterocycles. The Morgan fingerprint density at radius 1 is 0.600 bits per heavy atom. The molecule has 11 nitrogen and oxygen atoms in total. The molecule has 50 heavy (non-hydrogen) atoms. The molecule has 0 amide bonds. The van der Waals surface area contributed by atoms with Gasteiger partial charge >= 0.3 is 25.7 Å². The van der Waals surface area contributed by atoms with Crippen molar-refractivity contribution in [3.05, 3.63) is 24.3 Å². The van der Waals surface area contributed by atoms with Gasteiger partial charge in [-0.15, -0.1) is 0 Å². The fourth-order valence-corrected chi connectivity index (χ4v) is 5.83. The summed E-state index contributed by atoms with van der Waals surface area (Å²) in [6, 6.07) is -1.52. The number of phosphoric acid groups is 1. The van der Waals surface area contributed by atoms with Crippen LogP contribution in [0.4, 0.5) is 0 Å². The Balaban J connectivity index is 4.46. The van der Waals surface area contributed by atoms with Gasteiger partial charge in [0, 0.05) is 12.8 Å². The van der Waals surface area contributed by atoms with Gasteiger partial charge in [0.1, 0.15) is 12.6 Å². The number of allylic oxidation sites excluding steroid dienone is 4. The van der Waals surface area contributed by atoms with E-state index in [0.29, 0.717) is 12.8 Å². The predicted molar refractivity (Wildman–Crippen MR) is 199 cm³/mol. The first-order chi connectivity index (χ1) is 24.1. The van der Waals surface area contributed by atoms with E-state index in [0.717, 1.165) is 77.0 Å². The van der Waals surface area contributed by atoms with Crippen molar-refractivity contribution in [3.63, 3.8) is 0 Å². The van der Waals surface area contributed by atoms with Gasteiger partial charge in [-0.25, -0.2) is 4.57 Å². The molecule has 4 N–H and O–H groups in total. The first-order valence-corrected chi connectivity index (χ1v) is 20.9. The molecule has 0 saturated carbocycles. The average molecular weight is 732 g/mol. The molecule has 0 radical (unpaired) electrons. The van der Waals surface area contributed by atoms with Crippen LogP contribution in [0.2, 0.25) is 0 Å². The van der Waals surface area contributed by atoms with E-state index in [1.807, 2.05) is 0 Å². The van der Waals surface area contributed by atoms with Crippen LogP contribution in [0.25, 0.3) is 0 Å². The van der Waals surface area contributed by atoms with E-state index < -0.39 is 51.1 Å². The third kappa shape index (κ3) is 33.1. The van der Waals surface area contributed by atoms with E-state index in [1.54, 1.807) is 0 Å². The number of nitrogens with two attached hydrogens (primary N) is 1. The van der Waals surface area contributed by atoms with Crippen LogP contribution in [-0.2, 0) is 37.5 Å². The van der Waals surface area contributed by atoms with Gasteiger partial charge in [-0.05, 0) is 64.2 Å². The van der Waals surface area contributed by atoms with Crippen molar-refractivity contribution in [1.82, 2.24) is 0 Å². The number of aliphatic carboxylic acids is 1. The number of carbonyl (C=O) groups is 3. The van der Waals surface area contributed by atoms with Crippen molar-refractivity contribution < 1.29 is 47.5 Å². The number of carboxylic acids is 1. The van der Waals surface area contributed by atoms with Crippen molar-refractivity contribution in [2.45, 2.75) is 180 Å². The zero-order chi connectivity index (χ0) is 37.1. The molecule has 0 aliphatic rings. The smallest absolute Gasteiger partial charge is 0.472 e. The highest BCUT2D eigenvalue weighted by atomic mass is 31.2. The largest absolute Gasteiger partial charge is 0.480 e. The van der Waals surface area contributed by atoms with Gasteiger partial charge < -0.3 is 25.2 Å². The highest BCUT2D eigenvalue weighted by Gasteiger charge is 2.28. The van der Waals surface area contributed by atoms with Gasteiger partial charge in [0.25, 0.3) is 0 Å². The third-order valence-corrected chi connectivity index (χ3v) is 9.12. The molecule has 0 aliphatic carbocycles. The summed E-state index contributed by atoms with van der Waals surface area (Å²) < 4.78 is 32.5. The van der Waals surface area contributed by atoms with E-state index in [-0.39, 0.29) is 19.4 Å². The number of hydrogen-bond acceptors (Lipinski definition) is 9. The molecule has 292 valence electrons. The monoisotopic (exact) mass is 731 g/mol. The lowest BCUT2D eigenvalue weighted by atomic mass is 10.1. The first-order valence-electron chi connectivity index (χ1n) is 19.4. The summed E-state index contributed by atoms with van der Waals surface area (Å²) >= 11 is 0. The minimum atomic E-state index is -4.71. The third-order valence-electron chi connectivity index (χ3n) is 8.17. The summed E-state index contributed by atoms with van der Waals surface area (Å²) in [6.45, 7) is 2.73. The number of rotatable bonds is 36. The van der Waals surface area contributed by atoms with Crippen LogP contribution in [0.15, 0.2) is 24.3 Å². The molecular weight excluding hydrogens is 661 g/mol. The van der Waals surface area contributed by atoms with Crippen molar-refractivity contribution >= 4 is 25.7 Å². The second kappa shape index (κ2) is 34.1. The highest BCUT2D eigenvalue weighted by molar-refractivity contribution is 7.47. The maximum absolute atomic E-state index is 12.5. The zero-order valence-electron chi connectivity index (χ0n) is 31.2. The van der Waals surface area contributed by atoms with Crippen molar-refractivity contribution in [2.24, 2.45) is 5.73 Å². The van der Waals surface area contributed by atoms with E-state index in [1.165, 1.54) is 51.4 Å². The number of hydrogen-bond donors (Lipinski definition) is 3. The normalized spacial score (nSPS) is 14.2. The van der Waals surface area contributed by atoms with E-state index in [2.05, 4.69) is 42.7 Å². The van der Waals surface area contributed by atoms with Gasteiger partial charge in [-0.2, -0.15) is 0 Å². The minimum absolute atomic E-state index is 0.150. The summed E-state index contributed by atoms with van der Waals surface area (Å²) in [5, 5.41) is 8.85. The van der Waals surface area contributed by atoms with Crippen LogP contribution in [0.3, 0.4) is 0 Å². The van der Waals surface area contributed by atoms with Gasteiger partial charge in [-0.1, -0.05) is 115 Å². The Morgan fingerprint density at radius 2 is 1.00 bits per heavy atom. The van der Waals surface area contributed by atoms with Gasteiger partial charge in [0.05, 0.1) is 13.2 Å². The maximum Gasteiger partial charge on any atom is 0.472 e. The number of esters is 2. The Bertz CT molecular complexity index is 958.